The fraction of sp³-hybridized carbons (Fsp3) is 0.818. The average Bonchev–Trinajstić information content (AvgIpc) is 2.24. The lowest BCUT2D eigenvalue weighted by atomic mass is 10.0. The van der Waals surface area contributed by atoms with E-state index in [2.05, 4.69) is 12.2 Å². The first-order chi connectivity index (χ1) is 7.54. The number of carbonyl (C=O) groups is 2. The number of nitrogens with one attached hydrogen (secondary N) is 1. The van der Waals surface area contributed by atoms with Crippen LogP contribution in [-0.2, 0) is 9.59 Å². The van der Waals surface area contributed by atoms with Crippen LogP contribution in [0.25, 0.3) is 0 Å². The number of primary amides is 1. The van der Waals surface area contributed by atoms with Gasteiger partial charge >= 0.3 is 0 Å². The third kappa shape index (κ3) is 5.95. The molecule has 5 heteroatoms. The fourth-order valence-corrected chi connectivity index (χ4v) is 1.80. The Labute approximate surface area is 102 Å². The number of hydrogen-bond donors (Lipinski definition) is 2. The minimum atomic E-state index is -0.565. The quantitative estimate of drug-likeness (QED) is 0.638. The second kappa shape index (κ2) is 8.39. The number of hydrogen-bond acceptors (Lipinski definition) is 2. The SMILES string of the molecule is CCC[C@@H](CCl)CC(=O)N[C@@H](CC)C(N)=O. The van der Waals surface area contributed by atoms with E-state index >= 15 is 0 Å². The van der Waals surface area contributed by atoms with E-state index in [9.17, 15) is 9.59 Å². The molecule has 0 radical (unpaired) electrons. The van der Waals surface area contributed by atoms with Crippen molar-refractivity contribution in [2.45, 2.75) is 45.6 Å². The minimum absolute atomic E-state index is 0.148. The maximum absolute atomic E-state index is 11.6. The Morgan fingerprint density at radius 3 is 2.38 bits per heavy atom. The van der Waals surface area contributed by atoms with Crippen LogP contribution in [0.5, 0.6) is 0 Å². The van der Waals surface area contributed by atoms with Crippen LogP contribution in [0, 0.1) is 5.92 Å². The Bertz CT molecular complexity index is 234. The number of alkyl halides is 1. The van der Waals surface area contributed by atoms with Crippen LogP contribution in [0.1, 0.15) is 39.5 Å². The lowest BCUT2D eigenvalue weighted by Gasteiger charge is -2.16. The molecule has 2 atom stereocenters. The maximum Gasteiger partial charge on any atom is 0.239 e. The molecule has 0 aromatic heterocycles. The van der Waals surface area contributed by atoms with Crippen molar-refractivity contribution in [3.8, 4) is 0 Å². The molecule has 3 N–H and O–H groups in total. The van der Waals surface area contributed by atoms with E-state index in [4.69, 9.17) is 17.3 Å². The van der Waals surface area contributed by atoms with Gasteiger partial charge in [-0.1, -0.05) is 20.3 Å². The maximum atomic E-state index is 11.6. The Balaban J connectivity index is 4.09. The molecule has 0 aliphatic carbocycles. The summed E-state index contributed by atoms with van der Waals surface area (Å²) in [5.41, 5.74) is 5.14. The van der Waals surface area contributed by atoms with Crippen molar-refractivity contribution >= 4 is 23.4 Å². The highest BCUT2D eigenvalue weighted by Gasteiger charge is 2.18. The number of amides is 2. The van der Waals surface area contributed by atoms with Crippen LogP contribution in [0.15, 0.2) is 0 Å². The third-order valence-electron chi connectivity index (χ3n) is 2.48. The summed E-state index contributed by atoms with van der Waals surface area (Å²) in [6, 6.07) is -0.565. The second-order valence-corrected chi connectivity index (χ2v) is 4.25. The van der Waals surface area contributed by atoms with Crippen molar-refractivity contribution in [1.82, 2.24) is 5.32 Å². The summed E-state index contributed by atoms with van der Waals surface area (Å²) < 4.78 is 0. The molecule has 0 aliphatic rings. The summed E-state index contributed by atoms with van der Waals surface area (Å²) in [6.07, 6.45) is 2.80. The Kier molecular flexibility index (Phi) is 7.99. The van der Waals surface area contributed by atoms with Crippen molar-refractivity contribution in [1.29, 1.82) is 0 Å². The highest BCUT2D eigenvalue weighted by molar-refractivity contribution is 6.18. The molecule has 2 amide bonds. The van der Waals surface area contributed by atoms with E-state index in [1.54, 1.807) is 6.92 Å². The zero-order chi connectivity index (χ0) is 12.6. The average molecular weight is 249 g/mol. The van der Waals surface area contributed by atoms with E-state index in [-0.39, 0.29) is 11.8 Å². The van der Waals surface area contributed by atoms with Crippen LogP contribution in [0.4, 0.5) is 0 Å². The van der Waals surface area contributed by atoms with Crippen molar-refractivity contribution in [3.63, 3.8) is 0 Å². The number of halogens is 1. The van der Waals surface area contributed by atoms with Crippen LogP contribution < -0.4 is 11.1 Å². The van der Waals surface area contributed by atoms with Gasteiger partial charge in [-0.2, -0.15) is 0 Å². The highest BCUT2D eigenvalue weighted by atomic mass is 35.5. The lowest BCUT2D eigenvalue weighted by molar-refractivity contribution is -0.127. The van der Waals surface area contributed by atoms with Gasteiger partial charge in [0.25, 0.3) is 0 Å². The molecule has 0 saturated carbocycles. The first kappa shape index (κ1) is 15.2. The summed E-state index contributed by atoms with van der Waals surface area (Å²) in [7, 11) is 0. The van der Waals surface area contributed by atoms with Gasteiger partial charge in [0.1, 0.15) is 6.04 Å². The monoisotopic (exact) mass is 248 g/mol. The van der Waals surface area contributed by atoms with Gasteiger partial charge in [0, 0.05) is 12.3 Å². The summed E-state index contributed by atoms with van der Waals surface area (Å²) in [5.74, 6) is 0.00445. The predicted molar refractivity (Wildman–Crippen MR) is 65.2 cm³/mol. The predicted octanol–water partition coefficient (Wildman–Crippen LogP) is 1.41. The molecule has 16 heavy (non-hydrogen) atoms. The topological polar surface area (TPSA) is 72.2 Å². The van der Waals surface area contributed by atoms with Gasteiger partial charge in [-0.15, -0.1) is 11.6 Å². The molecule has 0 spiro atoms. The van der Waals surface area contributed by atoms with Crippen molar-refractivity contribution in [2.24, 2.45) is 11.7 Å². The van der Waals surface area contributed by atoms with Gasteiger partial charge in [0.2, 0.25) is 11.8 Å². The molecule has 94 valence electrons. The molecule has 0 aromatic rings. The van der Waals surface area contributed by atoms with Crippen LogP contribution in [-0.4, -0.2) is 23.7 Å². The van der Waals surface area contributed by atoms with Gasteiger partial charge in [-0.25, -0.2) is 0 Å². The largest absolute Gasteiger partial charge is 0.368 e. The zero-order valence-corrected chi connectivity index (χ0v) is 10.7. The molecule has 0 aromatic carbocycles. The third-order valence-corrected chi connectivity index (χ3v) is 2.91. The van der Waals surface area contributed by atoms with Gasteiger partial charge in [0.15, 0.2) is 0 Å². The van der Waals surface area contributed by atoms with Crippen molar-refractivity contribution < 1.29 is 9.59 Å². The first-order valence-electron chi connectivity index (χ1n) is 5.69. The molecular formula is C11H21ClN2O2. The summed E-state index contributed by atoms with van der Waals surface area (Å²) in [6.45, 7) is 3.86. The van der Waals surface area contributed by atoms with Crippen LogP contribution >= 0.6 is 11.6 Å². The number of nitrogens with two attached hydrogens (primary N) is 1. The number of carbonyl (C=O) groups excluding carboxylic acids is 2. The van der Waals surface area contributed by atoms with E-state index in [0.29, 0.717) is 18.7 Å². The lowest BCUT2D eigenvalue weighted by Crippen LogP contribution is -2.44. The summed E-state index contributed by atoms with van der Waals surface area (Å²) in [5, 5.41) is 2.62. The minimum Gasteiger partial charge on any atom is -0.368 e. The van der Waals surface area contributed by atoms with E-state index < -0.39 is 11.9 Å². The molecule has 0 heterocycles. The zero-order valence-electron chi connectivity index (χ0n) is 9.96. The summed E-state index contributed by atoms with van der Waals surface area (Å²) >= 11 is 5.75. The Hall–Kier alpha value is -0.770. The molecule has 0 aliphatic heterocycles. The molecule has 0 saturated heterocycles. The first-order valence-corrected chi connectivity index (χ1v) is 6.23. The molecule has 4 nitrogen and oxygen atoms in total. The van der Waals surface area contributed by atoms with Crippen molar-refractivity contribution in [3.05, 3.63) is 0 Å². The Morgan fingerprint density at radius 1 is 1.38 bits per heavy atom. The smallest absolute Gasteiger partial charge is 0.239 e. The molecule has 0 bridgehead atoms. The van der Waals surface area contributed by atoms with Crippen LogP contribution in [0.3, 0.4) is 0 Å². The second-order valence-electron chi connectivity index (χ2n) is 3.94. The highest BCUT2D eigenvalue weighted by Crippen LogP contribution is 2.13. The van der Waals surface area contributed by atoms with Crippen molar-refractivity contribution in [2.75, 3.05) is 5.88 Å². The normalized spacial score (nSPS) is 14.2. The molecular weight excluding hydrogens is 228 g/mol. The standard InChI is InChI=1S/C11H21ClN2O2/c1-3-5-8(7-12)6-10(15)14-9(4-2)11(13)16/h8-9H,3-7H2,1-2H3,(H2,13,16)(H,14,15)/t8-,9+/m1/s1. The van der Waals surface area contributed by atoms with E-state index in [0.717, 1.165) is 12.8 Å². The van der Waals surface area contributed by atoms with Gasteiger partial charge in [-0.3, -0.25) is 9.59 Å². The molecule has 0 unspecified atom stereocenters. The Morgan fingerprint density at radius 2 is 2.00 bits per heavy atom. The van der Waals surface area contributed by atoms with E-state index in [1.807, 2.05) is 0 Å². The van der Waals surface area contributed by atoms with Gasteiger partial charge in [0.05, 0.1) is 0 Å². The number of rotatable bonds is 8. The molecule has 0 fully saturated rings. The molecule has 0 rings (SSSR count). The van der Waals surface area contributed by atoms with Crippen LogP contribution in [0.2, 0.25) is 0 Å². The van der Waals surface area contributed by atoms with Gasteiger partial charge in [-0.05, 0) is 18.8 Å². The van der Waals surface area contributed by atoms with E-state index in [1.165, 1.54) is 0 Å². The fourth-order valence-electron chi connectivity index (χ4n) is 1.53. The summed E-state index contributed by atoms with van der Waals surface area (Å²) in [4.78, 5) is 22.5. The van der Waals surface area contributed by atoms with Gasteiger partial charge < -0.3 is 11.1 Å².